The van der Waals surface area contributed by atoms with E-state index < -0.39 is 0 Å². The number of halogens is 1. The van der Waals surface area contributed by atoms with Crippen LogP contribution in [0.15, 0.2) is 48.5 Å². The molecule has 0 spiro atoms. The molecule has 1 amide bonds. The third-order valence-electron chi connectivity index (χ3n) is 4.73. The van der Waals surface area contributed by atoms with E-state index in [4.69, 9.17) is 9.47 Å². The average Bonchev–Trinajstić information content (AvgIpc) is 3.15. The number of hydrogen-bond acceptors (Lipinski definition) is 5. The molecular formula is C22H21FN2O3S. The molecule has 1 aliphatic rings. The van der Waals surface area contributed by atoms with E-state index in [0.717, 1.165) is 26.7 Å². The van der Waals surface area contributed by atoms with Gasteiger partial charge in [0.1, 0.15) is 16.6 Å². The van der Waals surface area contributed by atoms with Crippen molar-refractivity contribution in [2.75, 3.05) is 32.9 Å². The fourth-order valence-corrected chi connectivity index (χ4v) is 4.21. The molecule has 0 radical (unpaired) electrons. The van der Waals surface area contributed by atoms with Crippen LogP contribution in [0.25, 0.3) is 21.0 Å². The van der Waals surface area contributed by atoms with Crippen LogP contribution >= 0.6 is 11.3 Å². The van der Waals surface area contributed by atoms with E-state index in [2.05, 4.69) is 4.98 Å². The molecule has 3 aromatic rings. The van der Waals surface area contributed by atoms with Crippen LogP contribution in [0.5, 0.6) is 5.75 Å². The Morgan fingerprint density at radius 3 is 2.45 bits per heavy atom. The van der Waals surface area contributed by atoms with Gasteiger partial charge in [-0.15, -0.1) is 11.3 Å². The van der Waals surface area contributed by atoms with Crippen LogP contribution < -0.4 is 4.74 Å². The Hall–Kier alpha value is -2.77. The Labute approximate surface area is 172 Å². The minimum absolute atomic E-state index is 0.0215. The number of thiazole rings is 1. The maximum absolute atomic E-state index is 13.2. The first-order chi connectivity index (χ1) is 14.1. The monoisotopic (exact) mass is 412 g/mol. The molecule has 1 fully saturated rings. The van der Waals surface area contributed by atoms with Gasteiger partial charge in [-0.25, -0.2) is 9.37 Å². The second-order valence-electron chi connectivity index (χ2n) is 6.75. The van der Waals surface area contributed by atoms with E-state index in [-0.39, 0.29) is 18.3 Å². The van der Waals surface area contributed by atoms with Crippen molar-refractivity contribution in [2.45, 2.75) is 6.92 Å². The summed E-state index contributed by atoms with van der Waals surface area (Å²) in [6.07, 6.45) is 0. The van der Waals surface area contributed by atoms with Gasteiger partial charge in [0.15, 0.2) is 6.61 Å². The molecule has 2 aromatic carbocycles. The number of amides is 1. The molecule has 2 heterocycles. The highest BCUT2D eigenvalue weighted by molar-refractivity contribution is 7.18. The standard InChI is InChI=1S/C22H21FN2O3S/c1-15-21(29-22(24-15)17-2-6-18(23)7-3-17)16-4-8-19(9-5-16)28-14-20(26)25-10-12-27-13-11-25/h2-9H,10-14H2,1H3. The van der Waals surface area contributed by atoms with E-state index in [1.165, 1.54) is 12.1 Å². The summed E-state index contributed by atoms with van der Waals surface area (Å²) in [6, 6.07) is 14.0. The summed E-state index contributed by atoms with van der Waals surface area (Å²) >= 11 is 1.57. The Kier molecular flexibility index (Phi) is 5.87. The molecule has 0 unspecified atom stereocenters. The van der Waals surface area contributed by atoms with Gasteiger partial charge in [0.25, 0.3) is 5.91 Å². The summed E-state index contributed by atoms with van der Waals surface area (Å²) in [4.78, 5) is 19.6. The smallest absolute Gasteiger partial charge is 0.260 e. The molecule has 0 N–H and O–H groups in total. The molecule has 7 heteroatoms. The van der Waals surface area contributed by atoms with Crippen LogP contribution in [0.3, 0.4) is 0 Å². The van der Waals surface area contributed by atoms with Crippen molar-refractivity contribution in [1.82, 2.24) is 9.88 Å². The number of carbonyl (C=O) groups is 1. The lowest BCUT2D eigenvalue weighted by Gasteiger charge is -2.26. The SMILES string of the molecule is Cc1nc(-c2ccc(F)cc2)sc1-c1ccc(OCC(=O)N2CCOCC2)cc1. The highest BCUT2D eigenvalue weighted by Gasteiger charge is 2.17. The molecule has 150 valence electrons. The molecule has 0 atom stereocenters. The predicted molar refractivity (Wildman–Crippen MR) is 111 cm³/mol. The van der Waals surface area contributed by atoms with E-state index in [1.807, 2.05) is 31.2 Å². The van der Waals surface area contributed by atoms with Crippen LogP contribution in [-0.2, 0) is 9.53 Å². The highest BCUT2D eigenvalue weighted by atomic mass is 32.1. The molecule has 5 nitrogen and oxygen atoms in total. The molecule has 0 aliphatic carbocycles. The lowest BCUT2D eigenvalue weighted by molar-refractivity contribution is -0.137. The Bertz CT molecular complexity index is 980. The van der Waals surface area contributed by atoms with Gasteiger partial charge in [-0.3, -0.25) is 4.79 Å². The zero-order valence-electron chi connectivity index (χ0n) is 16.1. The summed E-state index contributed by atoms with van der Waals surface area (Å²) < 4.78 is 24.1. The summed E-state index contributed by atoms with van der Waals surface area (Å²) in [5, 5.41) is 0.855. The van der Waals surface area contributed by atoms with Crippen molar-refractivity contribution in [3.63, 3.8) is 0 Å². The van der Waals surface area contributed by atoms with Gasteiger partial charge in [0.05, 0.1) is 23.8 Å². The molecule has 4 rings (SSSR count). The van der Waals surface area contributed by atoms with E-state index in [0.29, 0.717) is 32.1 Å². The Morgan fingerprint density at radius 2 is 1.76 bits per heavy atom. The summed E-state index contributed by atoms with van der Waals surface area (Å²) in [7, 11) is 0. The number of morpholine rings is 1. The van der Waals surface area contributed by atoms with Crippen LogP contribution in [-0.4, -0.2) is 48.7 Å². The van der Waals surface area contributed by atoms with Crippen molar-refractivity contribution in [2.24, 2.45) is 0 Å². The lowest BCUT2D eigenvalue weighted by atomic mass is 10.1. The first-order valence-corrected chi connectivity index (χ1v) is 10.2. The summed E-state index contributed by atoms with van der Waals surface area (Å²) in [5.41, 5.74) is 2.85. The molecule has 0 saturated carbocycles. The topological polar surface area (TPSA) is 51.7 Å². The number of carbonyl (C=O) groups excluding carboxylic acids is 1. The molecule has 1 saturated heterocycles. The quantitative estimate of drug-likeness (QED) is 0.631. The number of nitrogens with zero attached hydrogens (tertiary/aromatic N) is 2. The van der Waals surface area contributed by atoms with Crippen molar-refractivity contribution in [3.8, 4) is 26.8 Å². The molecule has 29 heavy (non-hydrogen) atoms. The third-order valence-corrected chi connectivity index (χ3v) is 5.99. The zero-order chi connectivity index (χ0) is 20.2. The van der Waals surface area contributed by atoms with E-state index >= 15 is 0 Å². The second kappa shape index (κ2) is 8.71. The van der Waals surface area contributed by atoms with Crippen molar-refractivity contribution < 1.29 is 18.7 Å². The molecule has 0 bridgehead atoms. The van der Waals surface area contributed by atoms with Crippen LogP contribution in [0.4, 0.5) is 4.39 Å². The number of benzene rings is 2. The molecule has 1 aromatic heterocycles. The Balaban J connectivity index is 1.42. The average molecular weight is 412 g/mol. The van der Waals surface area contributed by atoms with Crippen molar-refractivity contribution in [3.05, 3.63) is 60.0 Å². The number of aromatic nitrogens is 1. The first kappa shape index (κ1) is 19.5. The normalized spacial score (nSPS) is 14.1. The van der Waals surface area contributed by atoms with Gasteiger partial charge >= 0.3 is 0 Å². The van der Waals surface area contributed by atoms with Gasteiger partial charge in [-0.05, 0) is 61.0 Å². The van der Waals surface area contributed by atoms with Gasteiger partial charge < -0.3 is 14.4 Å². The first-order valence-electron chi connectivity index (χ1n) is 9.42. The fourth-order valence-electron chi connectivity index (χ4n) is 3.13. The van der Waals surface area contributed by atoms with Crippen LogP contribution in [0.1, 0.15) is 5.69 Å². The third kappa shape index (κ3) is 4.63. The number of rotatable bonds is 5. The predicted octanol–water partition coefficient (Wildman–Crippen LogP) is 4.16. The summed E-state index contributed by atoms with van der Waals surface area (Å²) in [6.45, 7) is 4.37. The van der Waals surface area contributed by atoms with Crippen LogP contribution in [0, 0.1) is 12.7 Å². The van der Waals surface area contributed by atoms with Gasteiger partial charge in [-0.2, -0.15) is 0 Å². The highest BCUT2D eigenvalue weighted by Crippen LogP contribution is 2.35. The number of aryl methyl sites for hydroxylation is 1. The minimum Gasteiger partial charge on any atom is -0.484 e. The minimum atomic E-state index is -0.259. The molecular weight excluding hydrogens is 391 g/mol. The van der Waals surface area contributed by atoms with Crippen molar-refractivity contribution in [1.29, 1.82) is 0 Å². The van der Waals surface area contributed by atoms with Gasteiger partial charge in [0, 0.05) is 18.7 Å². The lowest BCUT2D eigenvalue weighted by Crippen LogP contribution is -2.42. The van der Waals surface area contributed by atoms with Crippen molar-refractivity contribution >= 4 is 17.2 Å². The molecule has 1 aliphatic heterocycles. The van der Waals surface area contributed by atoms with E-state index in [1.54, 1.807) is 28.4 Å². The fraction of sp³-hybridized carbons (Fsp3) is 0.273. The van der Waals surface area contributed by atoms with Gasteiger partial charge in [0.2, 0.25) is 0 Å². The number of hydrogen-bond donors (Lipinski definition) is 0. The maximum atomic E-state index is 13.2. The second-order valence-corrected chi connectivity index (χ2v) is 7.75. The van der Waals surface area contributed by atoms with Gasteiger partial charge in [-0.1, -0.05) is 0 Å². The summed E-state index contributed by atoms with van der Waals surface area (Å²) in [5.74, 6) is 0.362. The van der Waals surface area contributed by atoms with Crippen LogP contribution in [0.2, 0.25) is 0 Å². The maximum Gasteiger partial charge on any atom is 0.260 e. The van der Waals surface area contributed by atoms with E-state index in [9.17, 15) is 9.18 Å². The Morgan fingerprint density at radius 1 is 1.10 bits per heavy atom. The number of ether oxygens (including phenoxy) is 2. The largest absolute Gasteiger partial charge is 0.484 e. The zero-order valence-corrected chi connectivity index (χ0v) is 16.9.